The van der Waals surface area contributed by atoms with E-state index in [2.05, 4.69) is 5.32 Å². The summed E-state index contributed by atoms with van der Waals surface area (Å²) in [5.74, 6) is 1.49. The van der Waals surface area contributed by atoms with E-state index in [1.165, 1.54) is 0 Å². The SMILES string of the molecule is COc1ccc2oc(C(C)NC(=O)N(CC(C)O)C(C)C)c(C)c2c1. The van der Waals surface area contributed by atoms with E-state index in [9.17, 15) is 9.90 Å². The lowest BCUT2D eigenvalue weighted by Gasteiger charge is -2.29. The van der Waals surface area contributed by atoms with Gasteiger partial charge in [0.2, 0.25) is 0 Å². The standard InChI is InChI=1S/C19H28N2O4/c1-11(2)21(10-12(3)22)19(23)20-14(5)18-13(4)16-9-15(24-6)7-8-17(16)25-18/h7-9,11-12,14,22H,10H2,1-6H3,(H,20,23). The first kappa shape index (κ1) is 19.1. The van der Waals surface area contributed by atoms with Crippen molar-refractivity contribution in [3.8, 4) is 5.75 Å². The van der Waals surface area contributed by atoms with Crippen LogP contribution in [-0.4, -0.2) is 41.8 Å². The van der Waals surface area contributed by atoms with Gasteiger partial charge in [0.05, 0.1) is 19.3 Å². The van der Waals surface area contributed by atoms with Gasteiger partial charge in [-0.3, -0.25) is 0 Å². The Morgan fingerprint density at radius 2 is 2.00 bits per heavy atom. The third-order valence-electron chi connectivity index (χ3n) is 4.26. The predicted octanol–water partition coefficient (Wildman–Crippen LogP) is 3.61. The molecule has 0 radical (unpaired) electrons. The molecule has 6 nitrogen and oxygen atoms in total. The molecule has 2 aromatic rings. The minimum Gasteiger partial charge on any atom is -0.497 e. The Morgan fingerprint density at radius 1 is 1.32 bits per heavy atom. The van der Waals surface area contributed by atoms with Crippen molar-refractivity contribution in [2.45, 2.75) is 52.8 Å². The molecule has 0 saturated heterocycles. The molecule has 1 aromatic heterocycles. The molecule has 0 aliphatic heterocycles. The number of carbonyl (C=O) groups excluding carboxylic acids is 1. The number of amides is 2. The van der Waals surface area contributed by atoms with E-state index < -0.39 is 6.10 Å². The number of urea groups is 1. The highest BCUT2D eigenvalue weighted by Gasteiger charge is 2.23. The number of nitrogens with zero attached hydrogens (tertiary/aromatic N) is 1. The lowest BCUT2D eigenvalue weighted by atomic mass is 10.1. The highest BCUT2D eigenvalue weighted by molar-refractivity contribution is 5.84. The van der Waals surface area contributed by atoms with Gasteiger partial charge in [-0.05, 0) is 52.8 Å². The Balaban J connectivity index is 2.22. The molecule has 0 fully saturated rings. The number of aryl methyl sites for hydroxylation is 1. The molecular weight excluding hydrogens is 320 g/mol. The summed E-state index contributed by atoms with van der Waals surface area (Å²) in [5, 5.41) is 13.5. The average Bonchev–Trinajstić information content (AvgIpc) is 2.88. The van der Waals surface area contributed by atoms with Crippen LogP contribution in [0.15, 0.2) is 22.6 Å². The molecule has 0 aliphatic carbocycles. The summed E-state index contributed by atoms with van der Waals surface area (Å²) in [6.07, 6.45) is -0.580. The van der Waals surface area contributed by atoms with Crippen LogP contribution in [0.4, 0.5) is 4.79 Å². The van der Waals surface area contributed by atoms with E-state index in [1.807, 2.05) is 45.9 Å². The second-order valence-corrected chi connectivity index (χ2v) is 6.72. The van der Waals surface area contributed by atoms with Crippen LogP contribution in [0.25, 0.3) is 11.0 Å². The number of hydrogen-bond donors (Lipinski definition) is 2. The van der Waals surface area contributed by atoms with Gasteiger partial charge in [-0.1, -0.05) is 0 Å². The van der Waals surface area contributed by atoms with Crippen LogP contribution in [-0.2, 0) is 0 Å². The normalized spacial score (nSPS) is 13.8. The zero-order valence-corrected chi connectivity index (χ0v) is 15.8. The number of fused-ring (bicyclic) bond motifs is 1. The molecule has 0 spiro atoms. The molecule has 2 amide bonds. The molecule has 0 bridgehead atoms. The van der Waals surface area contributed by atoms with Gasteiger partial charge in [-0.2, -0.15) is 0 Å². The van der Waals surface area contributed by atoms with Crippen LogP contribution in [0.3, 0.4) is 0 Å². The van der Waals surface area contributed by atoms with E-state index >= 15 is 0 Å². The smallest absolute Gasteiger partial charge is 0.318 e. The van der Waals surface area contributed by atoms with E-state index in [0.717, 1.165) is 28.0 Å². The molecular formula is C19H28N2O4. The molecule has 1 heterocycles. The van der Waals surface area contributed by atoms with E-state index in [4.69, 9.17) is 9.15 Å². The van der Waals surface area contributed by atoms with Crippen molar-refractivity contribution in [3.63, 3.8) is 0 Å². The lowest BCUT2D eigenvalue weighted by molar-refractivity contribution is 0.117. The van der Waals surface area contributed by atoms with Crippen LogP contribution in [0.2, 0.25) is 0 Å². The third-order valence-corrected chi connectivity index (χ3v) is 4.26. The number of rotatable bonds is 6. The monoisotopic (exact) mass is 348 g/mol. The summed E-state index contributed by atoms with van der Waals surface area (Å²) in [4.78, 5) is 14.2. The second kappa shape index (κ2) is 7.78. The van der Waals surface area contributed by atoms with Crippen molar-refractivity contribution >= 4 is 17.0 Å². The van der Waals surface area contributed by atoms with Crippen molar-refractivity contribution in [2.75, 3.05) is 13.7 Å². The number of carbonyl (C=O) groups is 1. The molecule has 1 aromatic carbocycles. The number of aliphatic hydroxyl groups excluding tert-OH is 1. The number of ether oxygens (including phenoxy) is 1. The summed E-state index contributed by atoms with van der Waals surface area (Å²) in [6.45, 7) is 9.66. The highest BCUT2D eigenvalue weighted by atomic mass is 16.5. The Hall–Kier alpha value is -2.21. The fourth-order valence-electron chi connectivity index (χ4n) is 2.91. The average molecular weight is 348 g/mol. The molecule has 138 valence electrons. The van der Waals surface area contributed by atoms with E-state index in [0.29, 0.717) is 0 Å². The fourth-order valence-corrected chi connectivity index (χ4v) is 2.91. The first-order valence-electron chi connectivity index (χ1n) is 8.56. The topological polar surface area (TPSA) is 74.9 Å². The first-order chi connectivity index (χ1) is 11.7. The van der Waals surface area contributed by atoms with E-state index in [1.54, 1.807) is 18.9 Å². The third kappa shape index (κ3) is 4.25. The van der Waals surface area contributed by atoms with Crippen LogP contribution < -0.4 is 10.1 Å². The van der Waals surface area contributed by atoms with Gasteiger partial charge < -0.3 is 24.5 Å². The van der Waals surface area contributed by atoms with Gasteiger partial charge in [0.15, 0.2) is 0 Å². The van der Waals surface area contributed by atoms with Crippen molar-refractivity contribution < 1.29 is 19.1 Å². The second-order valence-electron chi connectivity index (χ2n) is 6.72. The number of furan rings is 1. The van der Waals surface area contributed by atoms with Crippen molar-refractivity contribution in [1.29, 1.82) is 0 Å². The Labute approximate surface area is 148 Å². The maximum atomic E-state index is 12.6. The summed E-state index contributed by atoms with van der Waals surface area (Å²) in [5.41, 5.74) is 1.74. The lowest BCUT2D eigenvalue weighted by Crippen LogP contribution is -2.47. The predicted molar refractivity (Wildman–Crippen MR) is 98.0 cm³/mol. The maximum Gasteiger partial charge on any atom is 0.318 e. The molecule has 2 N–H and O–H groups in total. The van der Waals surface area contributed by atoms with Crippen LogP contribution in [0, 0.1) is 6.92 Å². The van der Waals surface area contributed by atoms with Gasteiger partial charge in [0.25, 0.3) is 0 Å². The van der Waals surface area contributed by atoms with Crippen LogP contribution >= 0.6 is 0 Å². The quantitative estimate of drug-likeness (QED) is 0.836. The largest absolute Gasteiger partial charge is 0.497 e. The molecule has 25 heavy (non-hydrogen) atoms. The summed E-state index contributed by atoms with van der Waals surface area (Å²) >= 11 is 0. The zero-order chi connectivity index (χ0) is 18.7. The Bertz CT molecular complexity index is 736. The molecule has 2 atom stereocenters. The minimum atomic E-state index is -0.580. The highest BCUT2D eigenvalue weighted by Crippen LogP contribution is 2.32. The van der Waals surface area contributed by atoms with Gasteiger partial charge in [-0.15, -0.1) is 0 Å². The summed E-state index contributed by atoms with van der Waals surface area (Å²) in [7, 11) is 1.63. The Kier molecular flexibility index (Phi) is 5.95. The minimum absolute atomic E-state index is 0.0113. The van der Waals surface area contributed by atoms with E-state index in [-0.39, 0.29) is 24.7 Å². The first-order valence-corrected chi connectivity index (χ1v) is 8.56. The van der Waals surface area contributed by atoms with Gasteiger partial charge >= 0.3 is 6.03 Å². The summed E-state index contributed by atoms with van der Waals surface area (Å²) in [6, 6.07) is 5.12. The number of hydrogen-bond acceptors (Lipinski definition) is 4. The zero-order valence-electron chi connectivity index (χ0n) is 15.8. The summed E-state index contributed by atoms with van der Waals surface area (Å²) < 4.78 is 11.2. The van der Waals surface area contributed by atoms with Crippen molar-refractivity contribution in [3.05, 3.63) is 29.5 Å². The fraction of sp³-hybridized carbons (Fsp3) is 0.526. The number of aliphatic hydroxyl groups is 1. The van der Waals surface area contributed by atoms with Crippen LogP contribution in [0.5, 0.6) is 5.75 Å². The van der Waals surface area contributed by atoms with Gasteiger partial charge in [-0.25, -0.2) is 4.79 Å². The number of methoxy groups -OCH3 is 1. The molecule has 0 saturated carbocycles. The molecule has 2 rings (SSSR count). The number of nitrogens with one attached hydrogen (secondary N) is 1. The Morgan fingerprint density at radius 3 is 2.56 bits per heavy atom. The van der Waals surface area contributed by atoms with Crippen molar-refractivity contribution in [1.82, 2.24) is 10.2 Å². The molecule has 2 unspecified atom stereocenters. The molecule has 0 aliphatic rings. The number of benzene rings is 1. The maximum absolute atomic E-state index is 12.6. The van der Waals surface area contributed by atoms with Gasteiger partial charge in [0.1, 0.15) is 17.1 Å². The van der Waals surface area contributed by atoms with Crippen molar-refractivity contribution in [2.24, 2.45) is 0 Å². The van der Waals surface area contributed by atoms with Gasteiger partial charge in [0, 0.05) is 23.5 Å². The van der Waals surface area contributed by atoms with Crippen LogP contribution in [0.1, 0.15) is 45.1 Å². The molecule has 6 heteroatoms.